The van der Waals surface area contributed by atoms with Crippen LogP contribution in [0.25, 0.3) is 0 Å². The number of nitrogens with one attached hydrogen (secondary N) is 1. The number of hydrogen-bond acceptors (Lipinski definition) is 4. The van der Waals surface area contributed by atoms with Gasteiger partial charge in [-0.2, -0.15) is 0 Å². The molecule has 0 atom stereocenters. The standard InChI is InChI=1S/C13H19N3O3.ClH/c14-6-2-7-16-12(17)5-8-19-11-4-1-3-10(9-11)13(15)18;/h1,3-4,9H,2,5-8,14H2,(H2,15,18)(H,16,17);1H. The summed E-state index contributed by atoms with van der Waals surface area (Å²) in [6, 6.07) is 6.54. The van der Waals surface area contributed by atoms with Crippen molar-refractivity contribution in [2.75, 3.05) is 19.7 Å². The van der Waals surface area contributed by atoms with Gasteiger partial charge in [-0.1, -0.05) is 6.07 Å². The maximum atomic E-state index is 11.4. The molecule has 0 radical (unpaired) electrons. The molecule has 0 fully saturated rings. The van der Waals surface area contributed by atoms with Crippen LogP contribution in [0, 0.1) is 0 Å². The number of nitrogens with two attached hydrogens (primary N) is 2. The van der Waals surface area contributed by atoms with E-state index in [4.69, 9.17) is 16.2 Å². The Bertz CT molecular complexity index is 441. The first-order valence-electron chi connectivity index (χ1n) is 6.13. The summed E-state index contributed by atoms with van der Waals surface area (Å²) < 4.78 is 5.38. The van der Waals surface area contributed by atoms with Crippen LogP contribution >= 0.6 is 12.4 Å². The molecule has 0 unspecified atom stereocenters. The van der Waals surface area contributed by atoms with Crippen molar-refractivity contribution in [3.8, 4) is 5.75 Å². The molecule has 6 nitrogen and oxygen atoms in total. The third-order valence-corrected chi connectivity index (χ3v) is 2.42. The Labute approximate surface area is 124 Å². The number of benzene rings is 1. The van der Waals surface area contributed by atoms with E-state index in [1.807, 2.05) is 0 Å². The molecule has 0 bridgehead atoms. The summed E-state index contributed by atoms with van der Waals surface area (Å²) in [7, 11) is 0. The maximum absolute atomic E-state index is 11.4. The van der Waals surface area contributed by atoms with Crippen molar-refractivity contribution in [2.24, 2.45) is 11.5 Å². The number of primary amides is 1. The molecular formula is C13H20ClN3O3. The van der Waals surface area contributed by atoms with Gasteiger partial charge in [-0.3, -0.25) is 9.59 Å². The van der Waals surface area contributed by atoms with E-state index in [2.05, 4.69) is 5.32 Å². The third-order valence-electron chi connectivity index (χ3n) is 2.42. The second kappa shape index (κ2) is 10.1. The molecule has 20 heavy (non-hydrogen) atoms. The fourth-order valence-corrected chi connectivity index (χ4v) is 1.42. The fraction of sp³-hybridized carbons (Fsp3) is 0.385. The maximum Gasteiger partial charge on any atom is 0.248 e. The van der Waals surface area contributed by atoms with Gasteiger partial charge in [-0.15, -0.1) is 12.4 Å². The first-order valence-corrected chi connectivity index (χ1v) is 6.13. The molecule has 0 saturated carbocycles. The summed E-state index contributed by atoms with van der Waals surface area (Å²) in [5, 5.41) is 2.73. The molecule has 0 aromatic heterocycles. The van der Waals surface area contributed by atoms with Crippen LogP contribution in [0.2, 0.25) is 0 Å². The number of halogens is 1. The van der Waals surface area contributed by atoms with Gasteiger partial charge >= 0.3 is 0 Å². The number of hydrogen-bond donors (Lipinski definition) is 3. The molecule has 0 aliphatic rings. The van der Waals surface area contributed by atoms with Gasteiger partial charge in [0.25, 0.3) is 0 Å². The van der Waals surface area contributed by atoms with E-state index in [1.54, 1.807) is 24.3 Å². The average Bonchev–Trinajstić information content (AvgIpc) is 2.39. The molecule has 0 heterocycles. The first-order chi connectivity index (χ1) is 9.13. The number of amides is 2. The molecule has 0 spiro atoms. The highest BCUT2D eigenvalue weighted by Gasteiger charge is 2.04. The molecule has 1 aromatic rings. The van der Waals surface area contributed by atoms with Crippen LogP contribution in [0.1, 0.15) is 23.2 Å². The van der Waals surface area contributed by atoms with E-state index < -0.39 is 5.91 Å². The van der Waals surface area contributed by atoms with Gasteiger partial charge in [-0.25, -0.2) is 0 Å². The zero-order chi connectivity index (χ0) is 14.1. The first kappa shape index (κ1) is 18.2. The predicted molar refractivity (Wildman–Crippen MR) is 79.0 cm³/mol. The van der Waals surface area contributed by atoms with Crippen LogP contribution in [0.15, 0.2) is 24.3 Å². The number of rotatable bonds is 8. The summed E-state index contributed by atoms with van der Waals surface area (Å²) in [5.74, 6) is -0.0736. The largest absolute Gasteiger partial charge is 0.493 e. The quantitative estimate of drug-likeness (QED) is 0.606. The summed E-state index contributed by atoms with van der Waals surface area (Å²) in [6.45, 7) is 1.37. The minimum atomic E-state index is -0.509. The van der Waals surface area contributed by atoms with Crippen LogP contribution in [0.5, 0.6) is 5.75 Å². The lowest BCUT2D eigenvalue weighted by atomic mass is 10.2. The van der Waals surface area contributed by atoms with Gasteiger partial charge in [0.05, 0.1) is 13.0 Å². The Kier molecular flexibility index (Phi) is 9.15. The molecule has 0 aliphatic heterocycles. The van der Waals surface area contributed by atoms with Gasteiger partial charge < -0.3 is 21.5 Å². The highest BCUT2D eigenvalue weighted by molar-refractivity contribution is 5.93. The second-order valence-corrected chi connectivity index (χ2v) is 3.98. The highest BCUT2D eigenvalue weighted by atomic mass is 35.5. The lowest BCUT2D eigenvalue weighted by molar-refractivity contribution is -0.121. The van der Waals surface area contributed by atoms with Crippen LogP contribution in [-0.2, 0) is 4.79 Å². The average molecular weight is 302 g/mol. The highest BCUT2D eigenvalue weighted by Crippen LogP contribution is 2.12. The van der Waals surface area contributed by atoms with Gasteiger partial charge in [0.2, 0.25) is 11.8 Å². The summed E-state index contributed by atoms with van der Waals surface area (Å²) in [6.07, 6.45) is 1.01. The topological polar surface area (TPSA) is 107 Å². The molecule has 0 aliphatic carbocycles. The Morgan fingerprint density at radius 2 is 2.05 bits per heavy atom. The zero-order valence-electron chi connectivity index (χ0n) is 11.1. The van der Waals surface area contributed by atoms with Crippen molar-refractivity contribution < 1.29 is 14.3 Å². The van der Waals surface area contributed by atoms with Gasteiger partial charge in [0, 0.05) is 12.1 Å². The molecule has 1 aromatic carbocycles. The lowest BCUT2D eigenvalue weighted by Crippen LogP contribution is -2.27. The van der Waals surface area contributed by atoms with E-state index in [1.165, 1.54) is 0 Å². The Hall–Kier alpha value is -1.79. The Morgan fingerprint density at radius 1 is 1.30 bits per heavy atom. The van der Waals surface area contributed by atoms with Gasteiger partial charge in [0.1, 0.15) is 5.75 Å². The molecule has 7 heteroatoms. The van der Waals surface area contributed by atoms with Gasteiger partial charge in [-0.05, 0) is 31.2 Å². The van der Waals surface area contributed by atoms with Crippen molar-refractivity contribution in [3.63, 3.8) is 0 Å². The van der Waals surface area contributed by atoms with Crippen molar-refractivity contribution in [3.05, 3.63) is 29.8 Å². The van der Waals surface area contributed by atoms with E-state index in [0.717, 1.165) is 6.42 Å². The second-order valence-electron chi connectivity index (χ2n) is 3.98. The van der Waals surface area contributed by atoms with Crippen LogP contribution < -0.4 is 21.5 Å². The SMILES string of the molecule is Cl.NCCCNC(=O)CCOc1cccc(C(N)=O)c1. The van der Waals surface area contributed by atoms with E-state index in [0.29, 0.717) is 24.4 Å². The monoisotopic (exact) mass is 301 g/mol. The van der Waals surface area contributed by atoms with Crippen LogP contribution in [-0.4, -0.2) is 31.5 Å². The fourth-order valence-electron chi connectivity index (χ4n) is 1.42. The van der Waals surface area contributed by atoms with Crippen molar-refractivity contribution in [1.29, 1.82) is 0 Å². The van der Waals surface area contributed by atoms with Crippen LogP contribution in [0.4, 0.5) is 0 Å². The van der Waals surface area contributed by atoms with Crippen LogP contribution in [0.3, 0.4) is 0 Å². The number of carbonyl (C=O) groups excluding carboxylic acids is 2. The number of carbonyl (C=O) groups is 2. The van der Waals surface area contributed by atoms with E-state index >= 15 is 0 Å². The zero-order valence-corrected chi connectivity index (χ0v) is 11.9. The summed E-state index contributed by atoms with van der Waals surface area (Å²) in [4.78, 5) is 22.4. The minimum Gasteiger partial charge on any atom is -0.493 e. The molecule has 112 valence electrons. The molecule has 5 N–H and O–H groups in total. The predicted octanol–water partition coefficient (Wildman–Crippen LogP) is 0.441. The van der Waals surface area contributed by atoms with Gasteiger partial charge in [0.15, 0.2) is 0 Å². The van der Waals surface area contributed by atoms with Crippen molar-refractivity contribution >= 4 is 24.2 Å². The van der Waals surface area contributed by atoms with E-state index in [-0.39, 0.29) is 31.3 Å². The molecule has 1 rings (SSSR count). The molecule has 2 amide bonds. The number of ether oxygens (including phenoxy) is 1. The molecular weight excluding hydrogens is 282 g/mol. The van der Waals surface area contributed by atoms with E-state index in [9.17, 15) is 9.59 Å². The third kappa shape index (κ3) is 6.96. The summed E-state index contributed by atoms with van der Waals surface area (Å²) >= 11 is 0. The minimum absolute atomic E-state index is 0. The normalized spacial score (nSPS) is 9.45. The lowest BCUT2D eigenvalue weighted by Gasteiger charge is -2.07. The van der Waals surface area contributed by atoms with Crippen molar-refractivity contribution in [1.82, 2.24) is 5.32 Å². The molecule has 0 saturated heterocycles. The summed E-state index contributed by atoms with van der Waals surface area (Å²) in [5.41, 5.74) is 10.9. The Balaban J connectivity index is 0.00000361. The Morgan fingerprint density at radius 3 is 2.70 bits per heavy atom. The smallest absolute Gasteiger partial charge is 0.248 e. The van der Waals surface area contributed by atoms with Crippen molar-refractivity contribution in [2.45, 2.75) is 12.8 Å².